The van der Waals surface area contributed by atoms with E-state index in [4.69, 9.17) is 9.47 Å². The molecule has 0 saturated heterocycles. The molecule has 0 bridgehead atoms. The van der Waals surface area contributed by atoms with Crippen LogP contribution in [-0.2, 0) is 4.79 Å². The third-order valence-corrected chi connectivity index (χ3v) is 2.46. The second-order valence-electron chi connectivity index (χ2n) is 3.53. The Kier molecular flexibility index (Phi) is 7.85. The number of carbonyl (C=O) groups excluding carboxylic acids is 1. The predicted molar refractivity (Wildman–Crippen MR) is 69.9 cm³/mol. The number of benzene rings is 1. The maximum Gasteiger partial charge on any atom is 0.132 e. The number of methoxy groups -OCH3 is 2. The molecule has 1 rings (SSSR count). The minimum atomic E-state index is 0.343. The highest BCUT2D eigenvalue weighted by Gasteiger charge is 2.01. The highest BCUT2D eigenvalue weighted by atomic mass is 16.5. The zero-order chi connectivity index (χ0) is 13.3. The highest BCUT2D eigenvalue weighted by Crippen LogP contribution is 2.26. The maximum absolute atomic E-state index is 10.2. The zero-order valence-corrected chi connectivity index (χ0v) is 11.4. The summed E-state index contributed by atoms with van der Waals surface area (Å²) in [6.45, 7) is 5.73. The van der Waals surface area contributed by atoms with Gasteiger partial charge in [-0.15, -0.1) is 0 Å². The van der Waals surface area contributed by atoms with Crippen molar-refractivity contribution < 1.29 is 14.3 Å². The van der Waals surface area contributed by atoms with E-state index in [-0.39, 0.29) is 0 Å². The molecule has 0 aliphatic heterocycles. The van der Waals surface area contributed by atoms with E-state index in [2.05, 4.69) is 0 Å². The number of hydrogen-bond donors (Lipinski definition) is 0. The van der Waals surface area contributed by atoms with Crippen LogP contribution in [0.4, 0.5) is 0 Å². The molecule has 0 radical (unpaired) electrons. The lowest BCUT2D eigenvalue weighted by Crippen LogP contribution is -1.90. The van der Waals surface area contributed by atoms with Crippen LogP contribution in [0.2, 0.25) is 0 Å². The average Bonchev–Trinajstić information content (AvgIpc) is 2.38. The summed E-state index contributed by atoms with van der Waals surface area (Å²) in [5.74, 6) is 2.07. The van der Waals surface area contributed by atoms with Gasteiger partial charge in [0.1, 0.15) is 17.3 Å². The van der Waals surface area contributed by atoms with Gasteiger partial charge in [-0.3, -0.25) is 4.79 Å². The van der Waals surface area contributed by atoms with E-state index in [1.807, 2.05) is 39.0 Å². The van der Waals surface area contributed by atoms with Gasteiger partial charge in [-0.05, 0) is 19.1 Å². The molecule has 0 atom stereocenters. The number of ketones is 1. The summed E-state index contributed by atoms with van der Waals surface area (Å²) >= 11 is 0. The van der Waals surface area contributed by atoms with Crippen molar-refractivity contribution in [1.82, 2.24) is 0 Å². The molecule has 0 unspecified atom stereocenters. The topological polar surface area (TPSA) is 35.5 Å². The molecule has 0 heterocycles. The second-order valence-corrected chi connectivity index (χ2v) is 3.53. The quantitative estimate of drug-likeness (QED) is 0.806. The summed E-state index contributed by atoms with van der Waals surface area (Å²) in [7, 11) is 3.31. The number of carbonyl (C=O) groups is 1. The average molecular weight is 238 g/mol. The minimum absolute atomic E-state index is 0.343. The highest BCUT2D eigenvalue weighted by molar-refractivity contribution is 5.77. The van der Waals surface area contributed by atoms with Gasteiger partial charge in [-0.1, -0.05) is 19.9 Å². The van der Waals surface area contributed by atoms with Crippen molar-refractivity contribution in [3.05, 3.63) is 23.8 Å². The Bertz CT molecular complexity index is 317. The van der Waals surface area contributed by atoms with Gasteiger partial charge in [-0.25, -0.2) is 0 Å². The molecule has 1 aromatic carbocycles. The molecule has 0 aliphatic rings. The van der Waals surface area contributed by atoms with Gasteiger partial charge < -0.3 is 9.47 Å². The fourth-order valence-corrected chi connectivity index (χ4v) is 1.29. The number of rotatable bonds is 4. The van der Waals surface area contributed by atoms with E-state index < -0.39 is 0 Å². The molecule has 0 saturated carbocycles. The third kappa shape index (κ3) is 5.38. The normalized spacial score (nSPS) is 9.00. The monoisotopic (exact) mass is 238 g/mol. The summed E-state index contributed by atoms with van der Waals surface area (Å²) in [6.07, 6.45) is 1.38. The van der Waals surface area contributed by atoms with Gasteiger partial charge >= 0.3 is 0 Å². The van der Waals surface area contributed by atoms with Crippen LogP contribution in [0.1, 0.15) is 32.3 Å². The first-order valence-electron chi connectivity index (χ1n) is 5.79. The lowest BCUT2D eigenvalue weighted by Gasteiger charge is -2.07. The Hall–Kier alpha value is -1.51. The van der Waals surface area contributed by atoms with E-state index in [0.29, 0.717) is 18.6 Å². The van der Waals surface area contributed by atoms with E-state index in [1.54, 1.807) is 14.2 Å². The van der Waals surface area contributed by atoms with Gasteiger partial charge in [0.2, 0.25) is 0 Å². The van der Waals surface area contributed by atoms with Crippen LogP contribution in [0.5, 0.6) is 11.5 Å². The molecule has 0 aromatic heterocycles. The molecule has 96 valence electrons. The van der Waals surface area contributed by atoms with E-state index in [9.17, 15) is 4.79 Å². The van der Waals surface area contributed by atoms with Crippen LogP contribution in [0, 0.1) is 6.92 Å². The predicted octanol–water partition coefficient (Wildman–Crippen LogP) is 3.39. The Labute approximate surface area is 104 Å². The molecule has 0 aliphatic carbocycles. The first-order chi connectivity index (χ1) is 8.10. The van der Waals surface area contributed by atoms with Gasteiger partial charge in [0, 0.05) is 18.4 Å². The smallest absolute Gasteiger partial charge is 0.132 e. The summed E-state index contributed by atoms with van der Waals surface area (Å²) in [6, 6.07) is 5.74. The third-order valence-electron chi connectivity index (χ3n) is 2.46. The molecule has 3 heteroatoms. The maximum atomic E-state index is 10.2. The van der Waals surface area contributed by atoms with Crippen molar-refractivity contribution in [1.29, 1.82) is 0 Å². The van der Waals surface area contributed by atoms with Crippen LogP contribution in [0.3, 0.4) is 0 Å². The van der Waals surface area contributed by atoms with Crippen molar-refractivity contribution >= 4 is 5.78 Å². The minimum Gasteiger partial charge on any atom is -0.496 e. The Morgan fingerprint density at radius 2 is 1.47 bits per heavy atom. The van der Waals surface area contributed by atoms with Gasteiger partial charge in [0.05, 0.1) is 14.2 Å². The number of hydrogen-bond acceptors (Lipinski definition) is 3. The Morgan fingerprint density at radius 1 is 1.06 bits per heavy atom. The summed E-state index contributed by atoms with van der Waals surface area (Å²) in [5.41, 5.74) is 1.04. The molecular formula is C14H22O3. The SMILES string of the molecule is CCC(=O)CC.COc1cccc(OC)c1C. The fraction of sp³-hybridized carbons (Fsp3) is 0.500. The lowest BCUT2D eigenvalue weighted by atomic mass is 10.2. The van der Waals surface area contributed by atoms with Gasteiger partial charge in [0.25, 0.3) is 0 Å². The molecule has 0 N–H and O–H groups in total. The van der Waals surface area contributed by atoms with Crippen LogP contribution in [0.15, 0.2) is 18.2 Å². The van der Waals surface area contributed by atoms with Crippen molar-refractivity contribution in [2.75, 3.05) is 14.2 Å². The van der Waals surface area contributed by atoms with Crippen molar-refractivity contribution in [2.45, 2.75) is 33.6 Å². The van der Waals surface area contributed by atoms with Crippen molar-refractivity contribution in [3.63, 3.8) is 0 Å². The molecule has 3 nitrogen and oxygen atoms in total. The van der Waals surface area contributed by atoms with Gasteiger partial charge in [-0.2, -0.15) is 0 Å². The molecule has 0 amide bonds. The van der Waals surface area contributed by atoms with E-state index in [0.717, 1.165) is 17.1 Å². The molecule has 0 fully saturated rings. The molecule has 17 heavy (non-hydrogen) atoms. The van der Waals surface area contributed by atoms with Gasteiger partial charge in [0.15, 0.2) is 0 Å². The zero-order valence-electron chi connectivity index (χ0n) is 11.4. The summed E-state index contributed by atoms with van der Waals surface area (Å²) in [4.78, 5) is 10.2. The second kappa shape index (κ2) is 8.62. The fourth-order valence-electron chi connectivity index (χ4n) is 1.29. The summed E-state index contributed by atoms with van der Waals surface area (Å²) < 4.78 is 10.2. The van der Waals surface area contributed by atoms with Crippen LogP contribution < -0.4 is 9.47 Å². The van der Waals surface area contributed by atoms with Crippen LogP contribution in [-0.4, -0.2) is 20.0 Å². The van der Waals surface area contributed by atoms with Crippen LogP contribution in [0.25, 0.3) is 0 Å². The number of Topliss-reactive ketones (excluding diaryl/α,β-unsaturated/α-hetero) is 1. The van der Waals surface area contributed by atoms with Crippen LogP contribution >= 0.6 is 0 Å². The van der Waals surface area contributed by atoms with E-state index >= 15 is 0 Å². The molecule has 1 aromatic rings. The standard InChI is InChI=1S/C9H12O2.C5H10O/c1-7-8(10-2)5-4-6-9(7)11-3;1-3-5(6)4-2/h4-6H,1-3H3;3-4H2,1-2H3. The molecular weight excluding hydrogens is 216 g/mol. The first-order valence-corrected chi connectivity index (χ1v) is 5.79. The Morgan fingerprint density at radius 3 is 1.71 bits per heavy atom. The largest absolute Gasteiger partial charge is 0.496 e. The summed E-state index contributed by atoms with van der Waals surface area (Å²) in [5, 5.41) is 0. The van der Waals surface area contributed by atoms with E-state index in [1.165, 1.54) is 0 Å². The van der Waals surface area contributed by atoms with Crippen molar-refractivity contribution in [3.8, 4) is 11.5 Å². The molecule has 0 spiro atoms. The first kappa shape index (κ1) is 15.5. The number of ether oxygens (including phenoxy) is 2. The lowest BCUT2D eigenvalue weighted by molar-refractivity contribution is -0.118. The Balaban J connectivity index is 0.000000366. The van der Waals surface area contributed by atoms with Crippen molar-refractivity contribution in [2.24, 2.45) is 0 Å².